The summed E-state index contributed by atoms with van der Waals surface area (Å²) in [6, 6.07) is 2.57. The summed E-state index contributed by atoms with van der Waals surface area (Å²) in [4.78, 5) is 11.0. The maximum Gasteiger partial charge on any atom is 0.150 e. The molecule has 2 rings (SSSR count). The van der Waals surface area contributed by atoms with Crippen molar-refractivity contribution in [2.45, 2.75) is 38.3 Å². The van der Waals surface area contributed by atoms with Gasteiger partial charge in [0.05, 0.1) is 11.6 Å². The van der Waals surface area contributed by atoms with Gasteiger partial charge in [-0.3, -0.25) is 4.79 Å². The average Bonchev–Trinajstić information content (AvgIpc) is 2.24. The molecule has 0 saturated heterocycles. The smallest absolute Gasteiger partial charge is 0.150 e. The van der Waals surface area contributed by atoms with Gasteiger partial charge in [-0.05, 0) is 31.5 Å². The van der Waals surface area contributed by atoms with E-state index < -0.39 is 17.5 Å². The lowest BCUT2D eigenvalue weighted by atomic mass is 9.77. The molecule has 0 saturated carbocycles. The van der Waals surface area contributed by atoms with E-state index >= 15 is 0 Å². The maximum atomic E-state index is 13.4. The maximum absolute atomic E-state index is 13.4. The van der Waals surface area contributed by atoms with E-state index in [0.717, 1.165) is 0 Å². The van der Waals surface area contributed by atoms with Crippen LogP contribution in [0.5, 0.6) is 0 Å². The summed E-state index contributed by atoms with van der Waals surface area (Å²) in [5.41, 5.74) is 1.04. The number of halogens is 1. The third-order valence-corrected chi connectivity index (χ3v) is 3.43. The molecule has 17 heavy (non-hydrogen) atoms. The molecule has 2 atom stereocenters. The monoisotopic (exact) mass is 237 g/mol. The van der Waals surface area contributed by atoms with E-state index in [0.29, 0.717) is 23.1 Å². The molecule has 1 aliphatic heterocycles. The molecule has 1 aromatic carbocycles. The molecule has 4 heteroatoms. The Morgan fingerprint density at radius 2 is 2.12 bits per heavy atom. The zero-order valence-electron chi connectivity index (χ0n) is 10.1. The number of anilines is 1. The van der Waals surface area contributed by atoms with Crippen molar-refractivity contribution < 1.29 is 14.3 Å². The van der Waals surface area contributed by atoms with Crippen LogP contribution in [0.4, 0.5) is 10.1 Å². The quantitative estimate of drug-likeness (QED) is 0.737. The van der Waals surface area contributed by atoms with Crippen LogP contribution in [0.15, 0.2) is 12.1 Å². The van der Waals surface area contributed by atoms with E-state index in [-0.39, 0.29) is 5.92 Å². The molecule has 0 bridgehead atoms. The first-order valence-corrected chi connectivity index (χ1v) is 5.61. The number of carbonyl (C=O) groups is 1. The topological polar surface area (TPSA) is 49.3 Å². The van der Waals surface area contributed by atoms with Gasteiger partial charge in [0.1, 0.15) is 5.82 Å². The van der Waals surface area contributed by atoms with Gasteiger partial charge in [-0.2, -0.15) is 0 Å². The predicted molar refractivity (Wildman–Crippen MR) is 63.9 cm³/mol. The minimum atomic E-state index is -0.626. The van der Waals surface area contributed by atoms with Crippen molar-refractivity contribution in [1.82, 2.24) is 0 Å². The number of aliphatic hydroxyl groups is 1. The summed E-state index contributed by atoms with van der Waals surface area (Å²) in [6.45, 7) is 5.54. The van der Waals surface area contributed by atoms with Crippen LogP contribution in [0.3, 0.4) is 0 Å². The van der Waals surface area contributed by atoms with E-state index in [2.05, 4.69) is 5.32 Å². The first-order chi connectivity index (χ1) is 7.86. The molecule has 0 fully saturated rings. The van der Waals surface area contributed by atoms with Gasteiger partial charge in [0.2, 0.25) is 0 Å². The highest BCUT2D eigenvalue weighted by Crippen LogP contribution is 2.40. The molecule has 1 aromatic rings. The van der Waals surface area contributed by atoms with Crippen molar-refractivity contribution in [3.63, 3.8) is 0 Å². The van der Waals surface area contributed by atoms with Gasteiger partial charge in [0.25, 0.3) is 0 Å². The molecule has 0 aliphatic carbocycles. The number of fused-ring (bicyclic) bond motifs is 1. The van der Waals surface area contributed by atoms with Crippen LogP contribution in [0.25, 0.3) is 0 Å². The molecular formula is C13H16FNO2. The third kappa shape index (κ3) is 1.82. The number of nitrogens with one attached hydrogen (secondary N) is 1. The Morgan fingerprint density at radius 1 is 1.47 bits per heavy atom. The second kappa shape index (κ2) is 3.81. The Balaban J connectivity index is 2.64. The molecule has 0 spiro atoms. The van der Waals surface area contributed by atoms with Gasteiger partial charge in [0, 0.05) is 17.2 Å². The summed E-state index contributed by atoms with van der Waals surface area (Å²) in [7, 11) is 0. The molecule has 0 amide bonds. The van der Waals surface area contributed by atoms with Crippen LogP contribution in [-0.2, 0) is 0 Å². The van der Waals surface area contributed by atoms with E-state index in [4.69, 9.17) is 0 Å². The van der Waals surface area contributed by atoms with Crippen molar-refractivity contribution in [2.75, 3.05) is 5.32 Å². The first kappa shape index (κ1) is 12.0. The Kier molecular flexibility index (Phi) is 2.70. The normalized spacial score (nSPS) is 25.9. The van der Waals surface area contributed by atoms with Crippen LogP contribution < -0.4 is 5.32 Å². The van der Waals surface area contributed by atoms with E-state index in [1.807, 2.05) is 20.8 Å². The Hall–Kier alpha value is -1.42. The predicted octanol–water partition coefficient (Wildman–Crippen LogP) is 2.31. The summed E-state index contributed by atoms with van der Waals surface area (Å²) in [5, 5.41) is 13.3. The molecule has 1 heterocycles. The highest BCUT2D eigenvalue weighted by Gasteiger charge is 2.39. The summed E-state index contributed by atoms with van der Waals surface area (Å²) < 4.78 is 13.4. The second-order valence-electron chi connectivity index (χ2n) is 5.15. The zero-order chi connectivity index (χ0) is 12.8. The van der Waals surface area contributed by atoms with Crippen LogP contribution >= 0.6 is 0 Å². The Bertz CT molecular complexity index is 471. The van der Waals surface area contributed by atoms with Gasteiger partial charge in [-0.25, -0.2) is 4.39 Å². The van der Waals surface area contributed by atoms with Crippen LogP contribution in [-0.4, -0.2) is 23.0 Å². The molecule has 92 valence electrons. The molecule has 1 unspecified atom stereocenters. The van der Waals surface area contributed by atoms with E-state index in [9.17, 15) is 14.3 Å². The summed E-state index contributed by atoms with van der Waals surface area (Å²) in [5.74, 6) is -0.653. The molecule has 0 radical (unpaired) electrons. The minimum absolute atomic E-state index is 0.206. The van der Waals surface area contributed by atoms with Crippen molar-refractivity contribution in [3.8, 4) is 0 Å². The number of hydrogen-bond donors (Lipinski definition) is 2. The molecule has 1 aliphatic rings. The van der Waals surface area contributed by atoms with Crippen LogP contribution in [0.2, 0.25) is 0 Å². The van der Waals surface area contributed by atoms with Crippen LogP contribution in [0.1, 0.15) is 42.6 Å². The van der Waals surface area contributed by atoms with Crippen molar-refractivity contribution in [2.24, 2.45) is 0 Å². The Labute approximate surface area is 99.7 Å². The summed E-state index contributed by atoms with van der Waals surface area (Å²) in [6.07, 6.45) is 0.00432. The number of aldehydes is 1. The minimum Gasteiger partial charge on any atom is -0.390 e. The molecule has 2 N–H and O–H groups in total. The number of carbonyl (C=O) groups excluding carboxylic acids is 1. The standard InChI is InChI=1S/C13H16FNO2/c1-7-11-8(6-16)4-9(14)5-10(11)15-13(2,3)12(7)17/h4-7,12,15,17H,1-3H3/t7-,12?/m0/s1. The van der Waals surface area contributed by atoms with Crippen LogP contribution in [0, 0.1) is 5.82 Å². The fourth-order valence-electron chi connectivity index (χ4n) is 2.55. The van der Waals surface area contributed by atoms with Gasteiger partial charge in [0.15, 0.2) is 6.29 Å². The second-order valence-corrected chi connectivity index (χ2v) is 5.15. The molecule has 0 aromatic heterocycles. The zero-order valence-corrected chi connectivity index (χ0v) is 10.1. The molecular weight excluding hydrogens is 221 g/mol. The lowest BCUT2D eigenvalue weighted by molar-refractivity contribution is 0.0862. The van der Waals surface area contributed by atoms with Gasteiger partial charge in [-0.15, -0.1) is 0 Å². The van der Waals surface area contributed by atoms with Gasteiger partial charge in [-0.1, -0.05) is 6.92 Å². The van der Waals surface area contributed by atoms with Gasteiger partial charge < -0.3 is 10.4 Å². The average molecular weight is 237 g/mol. The van der Waals surface area contributed by atoms with Gasteiger partial charge >= 0.3 is 0 Å². The molecule has 3 nitrogen and oxygen atoms in total. The fourth-order valence-corrected chi connectivity index (χ4v) is 2.55. The largest absolute Gasteiger partial charge is 0.390 e. The fraction of sp³-hybridized carbons (Fsp3) is 0.462. The first-order valence-electron chi connectivity index (χ1n) is 5.61. The lowest BCUT2D eigenvalue weighted by Gasteiger charge is -2.42. The van der Waals surface area contributed by atoms with E-state index in [1.54, 1.807) is 0 Å². The highest BCUT2D eigenvalue weighted by molar-refractivity contribution is 5.82. The number of aliphatic hydroxyl groups excluding tert-OH is 1. The number of benzene rings is 1. The third-order valence-electron chi connectivity index (χ3n) is 3.43. The lowest BCUT2D eigenvalue weighted by Crippen LogP contribution is -2.50. The number of hydrogen-bond acceptors (Lipinski definition) is 3. The summed E-state index contributed by atoms with van der Waals surface area (Å²) >= 11 is 0. The number of rotatable bonds is 1. The van der Waals surface area contributed by atoms with Crippen molar-refractivity contribution in [3.05, 3.63) is 29.1 Å². The SMILES string of the molecule is C[C@H]1c2c(C=O)cc(F)cc2NC(C)(C)C1O. The Morgan fingerprint density at radius 3 is 2.71 bits per heavy atom. The van der Waals surface area contributed by atoms with E-state index in [1.165, 1.54) is 12.1 Å². The highest BCUT2D eigenvalue weighted by atomic mass is 19.1. The van der Waals surface area contributed by atoms with Crippen molar-refractivity contribution in [1.29, 1.82) is 0 Å². The van der Waals surface area contributed by atoms with Crippen molar-refractivity contribution >= 4 is 12.0 Å².